The van der Waals surface area contributed by atoms with Crippen molar-refractivity contribution >= 4 is 5.97 Å². The third-order valence-electron chi connectivity index (χ3n) is 2.82. The van der Waals surface area contributed by atoms with Gasteiger partial charge in [-0.2, -0.15) is 0 Å². The predicted molar refractivity (Wildman–Crippen MR) is 57.2 cm³/mol. The fraction of sp³-hybridized carbons (Fsp3) is 0.750. The maximum absolute atomic E-state index is 10.2. The molecular formula is C12H20O2. The number of allylic oxidation sites excluding steroid dienone is 2. The molecule has 0 bridgehead atoms. The molecule has 1 saturated carbocycles. The Labute approximate surface area is 86.0 Å². The Hall–Kier alpha value is -0.790. The number of aliphatic carboxylic acids is 1. The zero-order valence-electron chi connectivity index (χ0n) is 8.74. The Morgan fingerprint density at radius 3 is 2.64 bits per heavy atom. The van der Waals surface area contributed by atoms with Crippen LogP contribution in [-0.4, -0.2) is 11.1 Å². The van der Waals surface area contributed by atoms with Gasteiger partial charge in [-0.3, -0.25) is 4.79 Å². The average Bonchev–Trinajstić information content (AvgIpc) is 2.63. The van der Waals surface area contributed by atoms with E-state index in [2.05, 4.69) is 12.2 Å². The second kappa shape index (κ2) is 6.63. The molecule has 0 aliphatic heterocycles. The van der Waals surface area contributed by atoms with Gasteiger partial charge < -0.3 is 5.11 Å². The summed E-state index contributed by atoms with van der Waals surface area (Å²) in [5.41, 5.74) is 0. The fourth-order valence-electron chi connectivity index (χ4n) is 1.98. The molecule has 1 aliphatic carbocycles. The molecule has 0 atom stereocenters. The monoisotopic (exact) mass is 196 g/mol. The topological polar surface area (TPSA) is 37.3 Å². The number of hydrogen-bond donors (Lipinski definition) is 1. The van der Waals surface area contributed by atoms with Crippen LogP contribution >= 0.6 is 0 Å². The molecule has 0 spiro atoms. The van der Waals surface area contributed by atoms with Gasteiger partial charge in [0, 0.05) is 6.42 Å². The van der Waals surface area contributed by atoms with E-state index >= 15 is 0 Å². The van der Waals surface area contributed by atoms with Crippen LogP contribution in [0, 0.1) is 5.92 Å². The molecule has 2 heteroatoms. The minimum Gasteiger partial charge on any atom is -0.481 e. The van der Waals surface area contributed by atoms with Crippen molar-refractivity contribution in [2.75, 3.05) is 0 Å². The SMILES string of the molecule is O=C(O)CCCC/C=C/C1CCCC1. The van der Waals surface area contributed by atoms with E-state index in [1.54, 1.807) is 0 Å². The Bertz CT molecular complexity index is 190. The normalized spacial score (nSPS) is 18.0. The maximum Gasteiger partial charge on any atom is 0.303 e. The van der Waals surface area contributed by atoms with Crippen molar-refractivity contribution in [2.24, 2.45) is 5.92 Å². The van der Waals surface area contributed by atoms with Crippen LogP contribution in [0.2, 0.25) is 0 Å². The zero-order chi connectivity index (χ0) is 10.2. The molecule has 1 fully saturated rings. The van der Waals surface area contributed by atoms with Gasteiger partial charge in [0.2, 0.25) is 0 Å². The van der Waals surface area contributed by atoms with Crippen molar-refractivity contribution in [1.82, 2.24) is 0 Å². The highest BCUT2D eigenvalue weighted by atomic mass is 16.4. The molecule has 0 amide bonds. The summed E-state index contributed by atoms with van der Waals surface area (Å²) in [6, 6.07) is 0. The van der Waals surface area contributed by atoms with Gasteiger partial charge in [0.25, 0.3) is 0 Å². The first-order chi connectivity index (χ1) is 6.79. The van der Waals surface area contributed by atoms with Gasteiger partial charge in [0.05, 0.1) is 0 Å². The number of carboxylic acids is 1. The van der Waals surface area contributed by atoms with Gasteiger partial charge in [-0.05, 0) is 38.0 Å². The van der Waals surface area contributed by atoms with E-state index in [1.165, 1.54) is 25.7 Å². The van der Waals surface area contributed by atoms with E-state index in [0.29, 0.717) is 6.42 Å². The molecule has 80 valence electrons. The summed E-state index contributed by atoms with van der Waals surface area (Å²) in [6.07, 6.45) is 13.2. The van der Waals surface area contributed by atoms with Crippen LogP contribution in [0.25, 0.3) is 0 Å². The Kier molecular flexibility index (Phi) is 5.35. The van der Waals surface area contributed by atoms with Crippen molar-refractivity contribution in [3.05, 3.63) is 12.2 Å². The average molecular weight is 196 g/mol. The molecular weight excluding hydrogens is 176 g/mol. The summed E-state index contributed by atoms with van der Waals surface area (Å²) in [5, 5.41) is 8.42. The van der Waals surface area contributed by atoms with Gasteiger partial charge in [0.15, 0.2) is 0 Å². The van der Waals surface area contributed by atoms with E-state index in [0.717, 1.165) is 25.2 Å². The molecule has 0 heterocycles. The summed E-state index contributed by atoms with van der Waals surface area (Å²) in [4.78, 5) is 10.2. The van der Waals surface area contributed by atoms with Crippen LogP contribution in [0.4, 0.5) is 0 Å². The van der Waals surface area contributed by atoms with Crippen LogP contribution in [0.3, 0.4) is 0 Å². The first kappa shape index (κ1) is 11.3. The van der Waals surface area contributed by atoms with Crippen molar-refractivity contribution in [1.29, 1.82) is 0 Å². The molecule has 0 radical (unpaired) electrons. The largest absolute Gasteiger partial charge is 0.481 e. The van der Waals surface area contributed by atoms with Crippen LogP contribution in [0.15, 0.2) is 12.2 Å². The minimum atomic E-state index is -0.676. The Morgan fingerprint density at radius 1 is 1.29 bits per heavy atom. The van der Waals surface area contributed by atoms with E-state index in [1.807, 2.05) is 0 Å². The van der Waals surface area contributed by atoms with Crippen LogP contribution < -0.4 is 0 Å². The molecule has 0 aromatic heterocycles. The highest BCUT2D eigenvalue weighted by molar-refractivity contribution is 5.66. The summed E-state index contributed by atoms with van der Waals surface area (Å²) in [6.45, 7) is 0. The second-order valence-corrected chi connectivity index (χ2v) is 4.11. The first-order valence-electron chi connectivity index (χ1n) is 5.67. The van der Waals surface area contributed by atoms with Crippen LogP contribution in [-0.2, 0) is 4.79 Å². The highest BCUT2D eigenvalue weighted by Crippen LogP contribution is 2.25. The molecule has 0 aromatic carbocycles. The number of rotatable bonds is 6. The lowest BCUT2D eigenvalue weighted by Gasteiger charge is -1.99. The van der Waals surface area contributed by atoms with Crippen molar-refractivity contribution in [2.45, 2.75) is 51.4 Å². The first-order valence-corrected chi connectivity index (χ1v) is 5.67. The van der Waals surface area contributed by atoms with E-state index < -0.39 is 5.97 Å². The lowest BCUT2D eigenvalue weighted by atomic mass is 10.1. The van der Waals surface area contributed by atoms with Gasteiger partial charge in [0.1, 0.15) is 0 Å². The maximum atomic E-state index is 10.2. The van der Waals surface area contributed by atoms with Crippen molar-refractivity contribution < 1.29 is 9.90 Å². The number of hydrogen-bond acceptors (Lipinski definition) is 1. The third kappa shape index (κ3) is 5.05. The Morgan fingerprint density at radius 2 is 2.00 bits per heavy atom. The van der Waals surface area contributed by atoms with E-state index in [4.69, 9.17) is 5.11 Å². The third-order valence-corrected chi connectivity index (χ3v) is 2.82. The number of carbonyl (C=O) groups is 1. The lowest BCUT2D eigenvalue weighted by molar-refractivity contribution is -0.137. The molecule has 0 aromatic rings. The predicted octanol–water partition coefficient (Wildman–Crippen LogP) is 3.38. The summed E-state index contributed by atoms with van der Waals surface area (Å²) < 4.78 is 0. The van der Waals surface area contributed by atoms with E-state index in [-0.39, 0.29) is 0 Å². The van der Waals surface area contributed by atoms with Gasteiger partial charge in [-0.15, -0.1) is 0 Å². The van der Waals surface area contributed by atoms with Crippen molar-refractivity contribution in [3.8, 4) is 0 Å². The molecule has 1 aliphatic rings. The van der Waals surface area contributed by atoms with Gasteiger partial charge >= 0.3 is 5.97 Å². The molecule has 1 N–H and O–H groups in total. The summed E-state index contributed by atoms with van der Waals surface area (Å²) >= 11 is 0. The molecule has 14 heavy (non-hydrogen) atoms. The van der Waals surface area contributed by atoms with Crippen LogP contribution in [0.5, 0.6) is 0 Å². The molecule has 1 rings (SSSR count). The quantitative estimate of drug-likeness (QED) is 0.522. The van der Waals surface area contributed by atoms with Crippen LogP contribution in [0.1, 0.15) is 51.4 Å². The van der Waals surface area contributed by atoms with Gasteiger partial charge in [-0.1, -0.05) is 25.0 Å². The fourth-order valence-corrected chi connectivity index (χ4v) is 1.98. The second-order valence-electron chi connectivity index (χ2n) is 4.11. The number of carboxylic acid groups (broad SMARTS) is 1. The smallest absolute Gasteiger partial charge is 0.303 e. The summed E-state index contributed by atoms with van der Waals surface area (Å²) in [5.74, 6) is 0.138. The van der Waals surface area contributed by atoms with Crippen molar-refractivity contribution in [3.63, 3.8) is 0 Å². The molecule has 0 saturated heterocycles. The van der Waals surface area contributed by atoms with Gasteiger partial charge in [-0.25, -0.2) is 0 Å². The summed E-state index contributed by atoms with van der Waals surface area (Å²) in [7, 11) is 0. The highest BCUT2D eigenvalue weighted by Gasteiger charge is 2.10. The van der Waals surface area contributed by atoms with E-state index in [9.17, 15) is 4.79 Å². The lowest BCUT2D eigenvalue weighted by Crippen LogP contribution is -1.93. The number of unbranched alkanes of at least 4 members (excludes halogenated alkanes) is 2. The molecule has 0 unspecified atom stereocenters. The zero-order valence-corrected chi connectivity index (χ0v) is 8.74. The minimum absolute atomic E-state index is 0.317. The Balaban J connectivity index is 1.94. The standard InChI is InChI=1S/C12H20O2/c13-12(14)10-4-2-1-3-7-11-8-5-6-9-11/h3,7,11H,1-2,4-6,8-10H2,(H,13,14)/b7-3+. The molecule has 2 nitrogen and oxygen atoms in total.